The highest BCUT2D eigenvalue weighted by Gasteiger charge is 2.09. The van der Waals surface area contributed by atoms with Gasteiger partial charge in [-0.1, -0.05) is 6.08 Å². The molecule has 1 aromatic heterocycles. The molecule has 0 radical (unpaired) electrons. The van der Waals surface area contributed by atoms with E-state index in [0.29, 0.717) is 12.2 Å². The second-order valence-electron chi connectivity index (χ2n) is 2.79. The van der Waals surface area contributed by atoms with Gasteiger partial charge in [0.05, 0.1) is 7.05 Å². The van der Waals surface area contributed by atoms with E-state index >= 15 is 0 Å². The number of hydrazine groups is 1. The predicted octanol–water partition coefficient (Wildman–Crippen LogP) is -0.839. The van der Waals surface area contributed by atoms with E-state index in [0.717, 1.165) is 6.42 Å². The van der Waals surface area contributed by atoms with Crippen LogP contribution in [-0.4, -0.2) is 26.2 Å². The van der Waals surface area contributed by atoms with Crippen molar-refractivity contribution in [2.45, 2.75) is 18.9 Å². The molecule has 6 nitrogen and oxygen atoms in total. The Morgan fingerprint density at radius 3 is 3.00 bits per heavy atom. The number of rotatable bonds is 5. The first-order valence-corrected chi connectivity index (χ1v) is 4.06. The van der Waals surface area contributed by atoms with Crippen molar-refractivity contribution in [1.82, 2.24) is 25.6 Å². The van der Waals surface area contributed by atoms with Crippen LogP contribution in [0.4, 0.5) is 0 Å². The summed E-state index contributed by atoms with van der Waals surface area (Å²) in [6.07, 6.45) is 3.26. The van der Waals surface area contributed by atoms with E-state index in [9.17, 15) is 0 Å². The monoisotopic (exact) mass is 182 g/mol. The number of nitrogens with zero attached hydrogens (tertiary/aromatic N) is 4. The fraction of sp³-hybridized carbons (Fsp3) is 0.571. The second kappa shape index (κ2) is 4.68. The molecule has 0 aliphatic rings. The average molecular weight is 182 g/mol. The topological polar surface area (TPSA) is 81.7 Å². The Morgan fingerprint density at radius 1 is 1.77 bits per heavy atom. The molecule has 0 aliphatic carbocycles. The van der Waals surface area contributed by atoms with E-state index < -0.39 is 0 Å². The van der Waals surface area contributed by atoms with Crippen molar-refractivity contribution in [1.29, 1.82) is 0 Å². The summed E-state index contributed by atoms with van der Waals surface area (Å²) in [5.41, 5.74) is 2.67. The van der Waals surface area contributed by atoms with Crippen LogP contribution in [0.2, 0.25) is 0 Å². The highest BCUT2D eigenvalue weighted by molar-refractivity contribution is 4.87. The summed E-state index contributed by atoms with van der Waals surface area (Å²) in [5, 5.41) is 11.6. The number of tetrazole rings is 1. The molecule has 0 saturated carbocycles. The number of aryl methyl sites for hydroxylation is 1. The molecule has 0 amide bonds. The molecule has 0 spiro atoms. The number of nitrogens with one attached hydrogen (secondary N) is 1. The molecule has 0 fully saturated rings. The van der Waals surface area contributed by atoms with Crippen molar-refractivity contribution < 1.29 is 0 Å². The lowest BCUT2D eigenvalue weighted by molar-refractivity contribution is 0.517. The zero-order valence-corrected chi connectivity index (χ0v) is 7.64. The normalized spacial score (nSPS) is 12.8. The SMILES string of the molecule is C=CCC(Cc1nnn(C)n1)NN. The summed E-state index contributed by atoms with van der Waals surface area (Å²) < 4.78 is 0. The summed E-state index contributed by atoms with van der Waals surface area (Å²) in [5.74, 6) is 6.02. The Kier molecular flexibility index (Phi) is 3.53. The van der Waals surface area contributed by atoms with Gasteiger partial charge in [0.15, 0.2) is 5.82 Å². The van der Waals surface area contributed by atoms with Crippen molar-refractivity contribution >= 4 is 0 Å². The van der Waals surface area contributed by atoms with E-state index in [-0.39, 0.29) is 6.04 Å². The Bertz CT molecular complexity index is 268. The van der Waals surface area contributed by atoms with Crippen LogP contribution in [0.5, 0.6) is 0 Å². The zero-order valence-electron chi connectivity index (χ0n) is 7.64. The summed E-state index contributed by atoms with van der Waals surface area (Å²) in [6.45, 7) is 3.64. The van der Waals surface area contributed by atoms with Crippen LogP contribution in [0.3, 0.4) is 0 Å². The van der Waals surface area contributed by atoms with Crippen molar-refractivity contribution in [3.63, 3.8) is 0 Å². The third kappa shape index (κ3) is 2.92. The minimum Gasteiger partial charge on any atom is -0.271 e. The largest absolute Gasteiger partial charge is 0.271 e. The summed E-state index contributed by atoms with van der Waals surface area (Å²) in [4.78, 5) is 1.43. The van der Waals surface area contributed by atoms with Crippen molar-refractivity contribution in [3.05, 3.63) is 18.5 Å². The molecule has 1 aromatic rings. The molecule has 1 unspecified atom stereocenters. The van der Waals surface area contributed by atoms with Gasteiger partial charge in [0.1, 0.15) is 0 Å². The van der Waals surface area contributed by atoms with Crippen LogP contribution in [-0.2, 0) is 13.5 Å². The third-order valence-electron chi connectivity index (χ3n) is 1.67. The van der Waals surface area contributed by atoms with Crippen LogP contribution < -0.4 is 11.3 Å². The van der Waals surface area contributed by atoms with E-state index in [1.165, 1.54) is 4.80 Å². The zero-order chi connectivity index (χ0) is 9.68. The van der Waals surface area contributed by atoms with Crippen LogP contribution >= 0.6 is 0 Å². The minimum atomic E-state index is 0.127. The molecular weight excluding hydrogens is 168 g/mol. The summed E-state index contributed by atoms with van der Waals surface area (Å²) in [6, 6.07) is 0.127. The molecule has 13 heavy (non-hydrogen) atoms. The summed E-state index contributed by atoms with van der Waals surface area (Å²) in [7, 11) is 1.73. The molecule has 1 atom stereocenters. The molecule has 0 aromatic carbocycles. The highest BCUT2D eigenvalue weighted by Crippen LogP contribution is 1.98. The van der Waals surface area contributed by atoms with Crippen LogP contribution in [0.25, 0.3) is 0 Å². The van der Waals surface area contributed by atoms with Gasteiger partial charge in [-0.2, -0.15) is 4.80 Å². The molecule has 72 valence electrons. The summed E-state index contributed by atoms with van der Waals surface area (Å²) >= 11 is 0. The van der Waals surface area contributed by atoms with Crippen LogP contribution in [0.15, 0.2) is 12.7 Å². The Morgan fingerprint density at radius 2 is 2.54 bits per heavy atom. The Labute approximate surface area is 76.8 Å². The van der Waals surface area contributed by atoms with Gasteiger partial charge in [-0.3, -0.25) is 11.3 Å². The molecule has 0 bridgehead atoms. The first-order chi connectivity index (χ1) is 6.26. The maximum atomic E-state index is 5.33. The Balaban J connectivity index is 2.50. The lowest BCUT2D eigenvalue weighted by Gasteiger charge is -2.09. The number of hydrogen-bond donors (Lipinski definition) is 2. The number of nitrogens with two attached hydrogens (primary N) is 1. The van der Waals surface area contributed by atoms with Crippen molar-refractivity contribution in [2.24, 2.45) is 12.9 Å². The van der Waals surface area contributed by atoms with Gasteiger partial charge in [-0.25, -0.2) is 0 Å². The molecule has 3 N–H and O–H groups in total. The first kappa shape index (κ1) is 9.82. The van der Waals surface area contributed by atoms with Crippen molar-refractivity contribution in [3.8, 4) is 0 Å². The lowest BCUT2D eigenvalue weighted by Crippen LogP contribution is -2.36. The van der Waals surface area contributed by atoms with E-state index in [1.54, 1.807) is 13.1 Å². The maximum absolute atomic E-state index is 5.33. The Hall–Kier alpha value is -1.27. The quantitative estimate of drug-likeness (QED) is 0.352. The van der Waals surface area contributed by atoms with Gasteiger partial charge in [0.2, 0.25) is 0 Å². The average Bonchev–Trinajstić information content (AvgIpc) is 2.50. The van der Waals surface area contributed by atoms with Gasteiger partial charge in [0, 0.05) is 12.5 Å². The maximum Gasteiger partial charge on any atom is 0.176 e. The van der Waals surface area contributed by atoms with Gasteiger partial charge in [-0.05, 0) is 11.6 Å². The number of aromatic nitrogens is 4. The van der Waals surface area contributed by atoms with Gasteiger partial charge in [0.25, 0.3) is 0 Å². The smallest absolute Gasteiger partial charge is 0.176 e. The third-order valence-corrected chi connectivity index (χ3v) is 1.67. The first-order valence-electron chi connectivity index (χ1n) is 4.06. The van der Waals surface area contributed by atoms with Gasteiger partial charge < -0.3 is 0 Å². The molecule has 0 aliphatic heterocycles. The van der Waals surface area contributed by atoms with Crippen LogP contribution in [0.1, 0.15) is 12.2 Å². The minimum absolute atomic E-state index is 0.127. The molecule has 1 heterocycles. The highest BCUT2D eigenvalue weighted by atomic mass is 15.6. The molecule has 1 rings (SSSR count). The van der Waals surface area contributed by atoms with Gasteiger partial charge in [-0.15, -0.1) is 16.8 Å². The fourth-order valence-corrected chi connectivity index (χ4v) is 1.04. The molecular formula is C7H14N6. The molecule has 6 heteroatoms. The van der Waals surface area contributed by atoms with Crippen LogP contribution in [0, 0.1) is 0 Å². The predicted molar refractivity (Wildman–Crippen MR) is 48.4 cm³/mol. The van der Waals surface area contributed by atoms with E-state index in [2.05, 4.69) is 27.4 Å². The number of hydrogen-bond acceptors (Lipinski definition) is 5. The van der Waals surface area contributed by atoms with E-state index in [4.69, 9.17) is 5.84 Å². The second-order valence-corrected chi connectivity index (χ2v) is 2.79. The van der Waals surface area contributed by atoms with E-state index in [1.807, 2.05) is 0 Å². The fourth-order valence-electron chi connectivity index (χ4n) is 1.04. The standard InChI is InChI=1S/C7H14N6/c1-3-4-6(9-8)5-7-10-12-13(2)11-7/h3,6,9H,1,4-5,8H2,2H3. The lowest BCUT2D eigenvalue weighted by atomic mass is 10.1. The van der Waals surface area contributed by atoms with Crippen molar-refractivity contribution in [2.75, 3.05) is 0 Å². The molecule has 0 saturated heterocycles. The van der Waals surface area contributed by atoms with Gasteiger partial charge >= 0.3 is 0 Å².